The molecule has 0 aliphatic rings. The molecule has 2 aromatic rings. The standard InChI is InChI=1S/C17H21N3O/c1-20(12-6-9-14-7-3-2-4-8-14)16-11-5-10-15(13-16)17(18)19-21/h2-5,7-8,10-11,13,21H,6,9,12H2,1H3,(H2,18,19). The largest absolute Gasteiger partial charge is 0.409 e. The molecule has 0 saturated carbocycles. The molecule has 0 radical (unpaired) electrons. The van der Waals surface area contributed by atoms with Crippen LogP contribution in [-0.4, -0.2) is 24.6 Å². The lowest BCUT2D eigenvalue weighted by atomic mass is 10.1. The fourth-order valence-electron chi connectivity index (χ4n) is 2.25. The number of anilines is 1. The average Bonchev–Trinajstić information content (AvgIpc) is 2.55. The highest BCUT2D eigenvalue weighted by atomic mass is 16.4. The third kappa shape index (κ3) is 4.24. The SMILES string of the molecule is CN(CCCc1ccccc1)c1cccc(C(N)=NO)c1. The number of aryl methyl sites for hydroxylation is 1. The van der Waals surface area contributed by atoms with Crippen molar-refractivity contribution in [1.82, 2.24) is 0 Å². The highest BCUT2D eigenvalue weighted by Gasteiger charge is 2.04. The molecule has 0 saturated heterocycles. The number of nitrogens with zero attached hydrogens (tertiary/aromatic N) is 2. The average molecular weight is 283 g/mol. The predicted molar refractivity (Wildman–Crippen MR) is 87.0 cm³/mol. The lowest BCUT2D eigenvalue weighted by Gasteiger charge is -2.20. The number of nitrogens with two attached hydrogens (primary N) is 1. The highest BCUT2D eigenvalue weighted by Crippen LogP contribution is 2.15. The van der Waals surface area contributed by atoms with Crippen LogP contribution in [-0.2, 0) is 6.42 Å². The molecule has 0 bridgehead atoms. The Bertz CT molecular complexity index is 596. The zero-order chi connectivity index (χ0) is 15.1. The Kier molecular flexibility index (Phi) is 5.21. The van der Waals surface area contributed by atoms with Gasteiger partial charge in [-0.2, -0.15) is 0 Å². The summed E-state index contributed by atoms with van der Waals surface area (Å²) in [4.78, 5) is 2.18. The van der Waals surface area contributed by atoms with Crippen LogP contribution in [0.25, 0.3) is 0 Å². The van der Waals surface area contributed by atoms with E-state index in [0.29, 0.717) is 0 Å². The van der Waals surface area contributed by atoms with E-state index in [2.05, 4.69) is 41.4 Å². The summed E-state index contributed by atoms with van der Waals surface area (Å²) in [6, 6.07) is 18.2. The van der Waals surface area contributed by atoms with Gasteiger partial charge in [0, 0.05) is 24.8 Å². The van der Waals surface area contributed by atoms with Crippen molar-refractivity contribution in [2.24, 2.45) is 10.9 Å². The van der Waals surface area contributed by atoms with E-state index in [0.717, 1.165) is 30.6 Å². The minimum atomic E-state index is 0.134. The van der Waals surface area contributed by atoms with Crippen LogP contribution in [0.2, 0.25) is 0 Å². The van der Waals surface area contributed by atoms with Crippen molar-refractivity contribution < 1.29 is 5.21 Å². The molecule has 110 valence electrons. The zero-order valence-electron chi connectivity index (χ0n) is 12.2. The molecule has 4 heteroatoms. The third-order valence-corrected chi connectivity index (χ3v) is 3.49. The monoisotopic (exact) mass is 283 g/mol. The molecule has 0 aromatic heterocycles. The summed E-state index contributed by atoms with van der Waals surface area (Å²) in [6.07, 6.45) is 2.14. The quantitative estimate of drug-likeness (QED) is 0.371. The van der Waals surface area contributed by atoms with Gasteiger partial charge in [0.25, 0.3) is 0 Å². The van der Waals surface area contributed by atoms with Crippen molar-refractivity contribution in [3.05, 3.63) is 65.7 Å². The highest BCUT2D eigenvalue weighted by molar-refractivity contribution is 5.97. The smallest absolute Gasteiger partial charge is 0.170 e. The van der Waals surface area contributed by atoms with Crippen molar-refractivity contribution in [3.63, 3.8) is 0 Å². The summed E-state index contributed by atoms with van der Waals surface area (Å²) in [6.45, 7) is 0.953. The van der Waals surface area contributed by atoms with E-state index in [1.165, 1.54) is 5.56 Å². The third-order valence-electron chi connectivity index (χ3n) is 3.49. The Labute approximate surface area is 125 Å². The van der Waals surface area contributed by atoms with Crippen LogP contribution in [0.4, 0.5) is 5.69 Å². The minimum Gasteiger partial charge on any atom is -0.409 e. The maximum atomic E-state index is 8.73. The van der Waals surface area contributed by atoms with Crippen LogP contribution >= 0.6 is 0 Å². The van der Waals surface area contributed by atoms with Gasteiger partial charge in [0.2, 0.25) is 0 Å². The number of amidine groups is 1. The molecule has 0 fully saturated rings. The molecule has 0 heterocycles. The predicted octanol–water partition coefficient (Wildman–Crippen LogP) is 2.85. The van der Waals surface area contributed by atoms with Crippen LogP contribution in [0.5, 0.6) is 0 Å². The van der Waals surface area contributed by atoms with Gasteiger partial charge >= 0.3 is 0 Å². The summed E-state index contributed by atoms with van der Waals surface area (Å²) in [7, 11) is 2.05. The van der Waals surface area contributed by atoms with E-state index in [4.69, 9.17) is 10.9 Å². The van der Waals surface area contributed by atoms with Gasteiger partial charge in [-0.3, -0.25) is 0 Å². The molecule has 0 aliphatic carbocycles. The van der Waals surface area contributed by atoms with Crippen molar-refractivity contribution >= 4 is 11.5 Å². The molecular weight excluding hydrogens is 262 g/mol. The molecule has 0 atom stereocenters. The number of rotatable bonds is 6. The second-order valence-electron chi connectivity index (χ2n) is 5.05. The summed E-state index contributed by atoms with van der Waals surface area (Å²) in [5.74, 6) is 0.134. The first-order valence-corrected chi connectivity index (χ1v) is 7.03. The van der Waals surface area contributed by atoms with E-state index in [9.17, 15) is 0 Å². The molecular formula is C17H21N3O. The molecule has 2 aromatic carbocycles. The first-order chi connectivity index (χ1) is 10.2. The molecule has 0 spiro atoms. The number of hydrogen-bond donors (Lipinski definition) is 2. The van der Waals surface area contributed by atoms with Crippen LogP contribution in [0, 0.1) is 0 Å². The van der Waals surface area contributed by atoms with Gasteiger partial charge in [-0.25, -0.2) is 0 Å². The van der Waals surface area contributed by atoms with E-state index in [-0.39, 0.29) is 5.84 Å². The Morgan fingerprint density at radius 2 is 1.90 bits per heavy atom. The Morgan fingerprint density at radius 3 is 2.62 bits per heavy atom. The van der Waals surface area contributed by atoms with Crippen LogP contribution in [0.15, 0.2) is 59.8 Å². The minimum absolute atomic E-state index is 0.134. The van der Waals surface area contributed by atoms with Gasteiger partial charge in [-0.15, -0.1) is 0 Å². The summed E-state index contributed by atoms with van der Waals surface area (Å²) < 4.78 is 0. The van der Waals surface area contributed by atoms with E-state index >= 15 is 0 Å². The van der Waals surface area contributed by atoms with Crippen molar-refractivity contribution in [3.8, 4) is 0 Å². The number of oxime groups is 1. The van der Waals surface area contributed by atoms with E-state index in [1.54, 1.807) is 0 Å². The topological polar surface area (TPSA) is 61.8 Å². The Morgan fingerprint density at radius 1 is 1.14 bits per heavy atom. The number of hydrogen-bond acceptors (Lipinski definition) is 3. The van der Waals surface area contributed by atoms with Crippen molar-refractivity contribution in [2.45, 2.75) is 12.8 Å². The van der Waals surface area contributed by atoms with Gasteiger partial charge in [-0.1, -0.05) is 47.6 Å². The molecule has 4 nitrogen and oxygen atoms in total. The van der Waals surface area contributed by atoms with Crippen LogP contribution in [0.3, 0.4) is 0 Å². The maximum Gasteiger partial charge on any atom is 0.170 e. The van der Waals surface area contributed by atoms with E-state index in [1.807, 2.05) is 30.3 Å². The fraction of sp³-hybridized carbons (Fsp3) is 0.235. The van der Waals surface area contributed by atoms with Crippen LogP contribution in [0.1, 0.15) is 17.5 Å². The molecule has 0 unspecified atom stereocenters. The molecule has 0 aliphatic heterocycles. The van der Waals surface area contributed by atoms with E-state index < -0.39 is 0 Å². The Hall–Kier alpha value is -2.49. The van der Waals surface area contributed by atoms with Crippen LogP contribution < -0.4 is 10.6 Å². The lowest BCUT2D eigenvalue weighted by Crippen LogP contribution is -2.20. The van der Waals surface area contributed by atoms with Crippen molar-refractivity contribution in [2.75, 3.05) is 18.5 Å². The fourth-order valence-corrected chi connectivity index (χ4v) is 2.25. The maximum absolute atomic E-state index is 8.73. The second kappa shape index (κ2) is 7.33. The normalized spacial score (nSPS) is 11.4. The van der Waals surface area contributed by atoms with Gasteiger partial charge < -0.3 is 15.8 Å². The lowest BCUT2D eigenvalue weighted by molar-refractivity contribution is 0.318. The first kappa shape index (κ1) is 14.9. The second-order valence-corrected chi connectivity index (χ2v) is 5.05. The summed E-state index contributed by atoms with van der Waals surface area (Å²) >= 11 is 0. The Balaban J connectivity index is 1.93. The van der Waals surface area contributed by atoms with Gasteiger partial charge in [-0.05, 0) is 30.5 Å². The van der Waals surface area contributed by atoms with Crippen molar-refractivity contribution in [1.29, 1.82) is 0 Å². The summed E-state index contributed by atoms with van der Waals surface area (Å²) in [5, 5.41) is 11.8. The summed E-state index contributed by atoms with van der Waals surface area (Å²) in [5.41, 5.74) is 8.77. The van der Waals surface area contributed by atoms with Gasteiger partial charge in [0.15, 0.2) is 5.84 Å². The molecule has 0 amide bonds. The number of benzene rings is 2. The zero-order valence-corrected chi connectivity index (χ0v) is 12.2. The van der Waals surface area contributed by atoms with Gasteiger partial charge in [0.1, 0.15) is 0 Å². The van der Waals surface area contributed by atoms with Gasteiger partial charge in [0.05, 0.1) is 0 Å². The molecule has 2 rings (SSSR count). The molecule has 3 N–H and O–H groups in total. The first-order valence-electron chi connectivity index (χ1n) is 7.03. The molecule has 21 heavy (non-hydrogen) atoms.